The summed E-state index contributed by atoms with van der Waals surface area (Å²) < 4.78 is 19.8. The number of hydrogen-bond donors (Lipinski definition) is 0. The fourth-order valence-corrected chi connectivity index (χ4v) is 21.1. The average Bonchev–Trinajstić information content (AvgIpc) is 1.61. The number of thiophene rings is 6. The summed E-state index contributed by atoms with van der Waals surface area (Å²) >= 11 is 11.4. The summed E-state index contributed by atoms with van der Waals surface area (Å²) in [5.41, 5.74) is 23.2. The molecule has 0 radical (unpaired) electrons. The third-order valence-electron chi connectivity index (χ3n) is 19.1. The molecule has 0 saturated carbocycles. The number of para-hydroxylation sites is 4. The van der Waals surface area contributed by atoms with Crippen molar-refractivity contribution in [3.8, 4) is 56.0 Å². The average molecular weight is 1560 g/mol. The second-order valence-corrected chi connectivity index (χ2v) is 34.7. The Hall–Kier alpha value is -9.62. The van der Waals surface area contributed by atoms with Crippen LogP contribution in [-0.2, 0) is 0 Å². The first-order valence-electron chi connectivity index (χ1n) is 35.9. The zero-order valence-corrected chi connectivity index (χ0v) is 66.0. The van der Waals surface area contributed by atoms with Crippen molar-refractivity contribution in [2.24, 2.45) is 0 Å². The maximum Gasteiger partial charge on any atom is 0.119 e. The fraction of sp³-hybridized carbons (Fsp3) is 0.220. The van der Waals surface area contributed by atoms with Crippen LogP contribution in [0, 0.1) is 69.2 Å². The van der Waals surface area contributed by atoms with E-state index in [1.165, 1.54) is 168 Å². The largest absolute Gasteiger partial charge is 0.494 e. The van der Waals surface area contributed by atoms with Crippen LogP contribution in [0.4, 0.5) is 34.1 Å². The molecule has 0 aliphatic heterocycles. The molecule has 0 amide bonds. The molecule has 0 spiro atoms. The van der Waals surface area contributed by atoms with Gasteiger partial charge in [0, 0.05) is 125 Å². The van der Waals surface area contributed by atoms with E-state index >= 15 is 0 Å². The number of benzene rings is 11. The van der Waals surface area contributed by atoms with Gasteiger partial charge in [0.15, 0.2) is 0 Å². The maximum absolute atomic E-state index is 5.83. The van der Waals surface area contributed by atoms with Crippen LogP contribution in [-0.4, -0.2) is 13.2 Å². The van der Waals surface area contributed by atoms with E-state index in [9.17, 15) is 0 Å². The molecule has 110 heavy (non-hydrogen) atoms. The lowest BCUT2D eigenvalue weighted by Crippen LogP contribution is -2.13. The summed E-state index contributed by atoms with van der Waals surface area (Å²) in [4.78, 5) is 12.9. The van der Waals surface area contributed by atoms with Gasteiger partial charge in [0.25, 0.3) is 0 Å². The van der Waals surface area contributed by atoms with E-state index in [0.717, 1.165) is 60.3 Å². The zero-order chi connectivity index (χ0) is 71.9. The minimum Gasteiger partial charge on any atom is -0.494 e. The minimum atomic E-state index is 0. The number of fused-ring (bicyclic) bond motifs is 6. The fourth-order valence-electron chi connectivity index (χ4n) is 14.6. The highest BCUT2D eigenvalue weighted by Gasteiger charge is 2.29. The van der Waals surface area contributed by atoms with Crippen molar-refractivity contribution in [1.82, 2.24) is 0 Å². The number of nitrogens with zero attached hydrogens (tertiary/aromatic N) is 2. The van der Waals surface area contributed by atoms with Crippen molar-refractivity contribution in [3.05, 3.63) is 294 Å². The zero-order valence-electron chi connectivity index (χ0n) is 61.1. The van der Waals surface area contributed by atoms with Gasteiger partial charge < -0.3 is 19.3 Å². The van der Waals surface area contributed by atoms with Gasteiger partial charge in [0.2, 0.25) is 0 Å². The van der Waals surface area contributed by atoms with Crippen molar-refractivity contribution >= 4 is 163 Å². The van der Waals surface area contributed by atoms with Gasteiger partial charge in [-0.15, -0.1) is 68.0 Å². The summed E-state index contributed by atoms with van der Waals surface area (Å²) in [5, 5.41) is 8.02. The summed E-state index contributed by atoms with van der Waals surface area (Å²) in [5.74, 6) is 1.87. The molecule has 0 aliphatic carbocycles. The Morgan fingerprint density at radius 3 is 0.800 bits per heavy atom. The van der Waals surface area contributed by atoms with Gasteiger partial charge in [-0.05, 0) is 225 Å². The first-order valence-corrected chi connectivity index (χ1v) is 40.8. The highest BCUT2D eigenvalue weighted by atomic mass is 32.1. The van der Waals surface area contributed by atoms with Crippen LogP contribution in [0.25, 0.3) is 105 Å². The Morgan fingerprint density at radius 2 is 0.518 bits per heavy atom. The molecule has 0 bridgehead atoms. The molecule has 17 aromatic rings. The van der Waals surface area contributed by atoms with Crippen LogP contribution >= 0.6 is 68.0 Å². The highest BCUT2D eigenvalue weighted by molar-refractivity contribution is 7.23. The summed E-state index contributed by atoms with van der Waals surface area (Å²) in [6.45, 7) is 28.0. The molecule has 0 aliphatic rings. The Kier molecular flexibility index (Phi) is 28.0. The van der Waals surface area contributed by atoms with E-state index in [2.05, 4.69) is 336 Å². The maximum atomic E-state index is 5.83. The van der Waals surface area contributed by atoms with E-state index in [1.807, 2.05) is 68.0 Å². The molecule has 0 atom stereocenters. The Balaban J connectivity index is 0.000000187. The van der Waals surface area contributed by atoms with Crippen molar-refractivity contribution < 1.29 is 9.47 Å². The molecule has 6 aromatic heterocycles. The third kappa shape index (κ3) is 16.7. The number of ether oxygens (including phenoxy) is 2. The van der Waals surface area contributed by atoms with Crippen LogP contribution in [0.3, 0.4) is 0 Å². The van der Waals surface area contributed by atoms with E-state index in [4.69, 9.17) is 9.47 Å². The standard InChI is InChI=1S/C36H28N2S2.C30H30O2S2.C28H26S2.6CH4/c1-25-23-31-33(37(27-15-7-3-8-16-27)28-17-9-4-10-18-28)36-32(24-26(2)40-36)34(35(31)39-25)38(29-19-11-5-12-20-29)30-21-13-6-14-22-30;1-5-15-31-23-11-7-21(8-12-23)27-25-17-19(3)34-30(25)28(26-18-20(4)33-29(26)27)22-9-13-24(14-10-22)32-16-6-2;1-15-7-9-17(3)21(11-15)25-23-13-19(5)30-28(23)26(24-14-20(6)29-27(24)25)22-12-16(2)8-10-18(22)4;;;;;;/h3-24H,1-2H3;7-14,17-18H,5-6,15-16H2,1-4H3;7-14H,1-6H3;6*1H4. The van der Waals surface area contributed by atoms with Gasteiger partial charge in [-0.3, -0.25) is 0 Å². The van der Waals surface area contributed by atoms with Crippen molar-refractivity contribution in [3.63, 3.8) is 0 Å². The Bertz CT molecular complexity index is 5330. The number of hydrogen-bond acceptors (Lipinski definition) is 10. The first-order chi connectivity index (χ1) is 50.6. The lowest BCUT2D eigenvalue weighted by molar-refractivity contribution is 0.317. The Labute approximate surface area is 680 Å². The molecule has 0 unspecified atom stereocenters. The SMILES string of the molecule is C.C.C.C.C.C.CCCOc1ccc(-c2c3cc(C)sc3c(-c3ccc(OCCC)cc3)c3cc(C)sc23)cc1.Cc1cc2c(N(c3ccccc3)c3ccccc3)c3sc(C)cc3c(N(c3ccccc3)c3ccccc3)c2s1.Cc1ccc(C)c(-c2c3cc(C)sc3c(-c3cc(C)ccc3C)c3cc(C)sc23)c1. The molecule has 0 N–H and O–H groups in total. The summed E-state index contributed by atoms with van der Waals surface area (Å²) in [7, 11) is 0. The highest BCUT2D eigenvalue weighted by Crippen LogP contribution is 2.57. The number of anilines is 6. The number of aryl methyl sites for hydroxylation is 10. The van der Waals surface area contributed by atoms with Crippen LogP contribution in [0.15, 0.2) is 243 Å². The van der Waals surface area contributed by atoms with E-state index in [-0.39, 0.29) is 44.6 Å². The predicted molar refractivity (Wildman–Crippen MR) is 502 cm³/mol. The van der Waals surface area contributed by atoms with Crippen LogP contribution < -0.4 is 19.3 Å². The molecule has 0 fully saturated rings. The minimum absolute atomic E-state index is 0. The second-order valence-electron chi connectivity index (χ2n) is 27.2. The van der Waals surface area contributed by atoms with Gasteiger partial charge in [0.1, 0.15) is 11.5 Å². The van der Waals surface area contributed by atoms with E-state index < -0.39 is 0 Å². The van der Waals surface area contributed by atoms with Crippen molar-refractivity contribution in [2.45, 2.75) is 140 Å². The van der Waals surface area contributed by atoms with Crippen LogP contribution in [0.1, 0.15) is 123 Å². The van der Waals surface area contributed by atoms with Gasteiger partial charge in [-0.25, -0.2) is 0 Å². The normalized spacial score (nSPS) is 10.8. The molecule has 17 rings (SSSR count). The van der Waals surface area contributed by atoms with Gasteiger partial charge in [-0.2, -0.15) is 0 Å². The lowest BCUT2D eigenvalue weighted by Gasteiger charge is -2.30. The molecular formula is C100H108N2O2S6. The molecule has 11 aromatic carbocycles. The molecular weight excluding hydrogens is 1450 g/mol. The Morgan fingerprint density at radius 1 is 0.264 bits per heavy atom. The second kappa shape index (κ2) is 36.5. The van der Waals surface area contributed by atoms with Gasteiger partial charge >= 0.3 is 0 Å². The molecule has 4 nitrogen and oxygen atoms in total. The van der Waals surface area contributed by atoms with Gasteiger partial charge in [0.05, 0.1) is 34.0 Å². The van der Waals surface area contributed by atoms with Gasteiger partial charge in [-0.1, -0.05) is 203 Å². The molecule has 6 heterocycles. The monoisotopic (exact) mass is 1560 g/mol. The van der Waals surface area contributed by atoms with Crippen LogP contribution in [0.2, 0.25) is 0 Å². The molecule has 0 saturated heterocycles. The van der Waals surface area contributed by atoms with E-state index in [1.54, 1.807) is 0 Å². The molecule has 10 heteroatoms. The smallest absolute Gasteiger partial charge is 0.119 e. The lowest BCUT2D eigenvalue weighted by atomic mass is 9.89. The van der Waals surface area contributed by atoms with Crippen molar-refractivity contribution in [2.75, 3.05) is 23.0 Å². The quantitative estimate of drug-likeness (QED) is 0.0900. The third-order valence-corrected chi connectivity index (χ3v) is 25.5. The van der Waals surface area contributed by atoms with Crippen molar-refractivity contribution in [1.29, 1.82) is 0 Å². The summed E-state index contributed by atoms with van der Waals surface area (Å²) in [6, 6.07) is 88.2. The summed E-state index contributed by atoms with van der Waals surface area (Å²) in [6.07, 6.45) is 2.03. The van der Waals surface area contributed by atoms with Crippen LogP contribution in [0.5, 0.6) is 11.5 Å². The number of rotatable bonds is 16. The van der Waals surface area contributed by atoms with E-state index in [0.29, 0.717) is 0 Å². The predicted octanol–water partition coefficient (Wildman–Crippen LogP) is 34.4. The molecule has 566 valence electrons. The first kappa shape index (κ1) is 84.4. The topological polar surface area (TPSA) is 24.9 Å².